The number of hydrogen-bond acceptors (Lipinski definition) is 6. The lowest BCUT2D eigenvalue weighted by atomic mass is 9.53. The summed E-state index contributed by atoms with van der Waals surface area (Å²) < 4.78 is 11.4. The molecule has 6 amide bonds. The summed E-state index contributed by atoms with van der Waals surface area (Å²) in [7, 11) is 0. The van der Waals surface area contributed by atoms with Gasteiger partial charge >= 0.3 is 12.1 Å². The molecule has 0 spiro atoms. The van der Waals surface area contributed by atoms with Crippen LogP contribution in [0.15, 0.2) is 18.2 Å². The van der Waals surface area contributed by atoms with E-state index in [1.807, 2.05) is 0 Å². The van der Waals surface area contributed by atoms with E-state index in [0.29, 0.717) is 48.0 Å². The summed E-state index contributed by atoms with van der Waals surface area (Å²) in [6.45, 7) is 2.08. The van der Waals surface area contributed by atoms with Crippen molar-refractivity contribution in [2.75, 3.05) is 19.8 Å². The Balaban J connectivity index is 1.10. The average molecular weight is 497 g/mol. The van der Waals surface area contributed by atoms with Crippen molar-refractivity contribution >= 4 is 23.9 Å². The Labute approximate surface area is 209 Å². The number of rotatable bonds is 4. The number of amides is 6. The average Bonchev–Trinajstić information content (AvgIpc) is 2.96. The number of nitrogens with one attached hydrogen (secondary N) is 3. The van der Waals surface area contributed by atoms with Crippen molar-refractivity contribution in [2.24, 2.45) is 17.8 Å². The molecule has 1 unspecified atom stereocenters. The number of fused-ring (bicyclic) bond motifs is 1. The van der Waals surface area contributed by atoms with Gasteiger partial charge in [-0.05, 0) is 80.9 Å². The standard InChI is InChI=1S/C26H32N4O6/c1-25(18-3-4-19-20(10-18)36-6-2-5-35-19)22(32)30(24(34)29-25)14-21(31)27-23(33)28-26-11-15-7-16(12-26)9-17(8-15)13-26/h3-4,10,15-17H,2,5-9,11-14H2,1H3,(H,29,34)(H2,27,28,31,33). The second-order valence-electron chi connectivity index (χ2n) is 11.4. The zero-order valence-corrected chi connectivity index (χ0v) is 20.4. The van der Waals surface area contributed by atoms with Crippen molar-refractivity contribution in [3.63, 3.8) is 0 Å². The Hall–Kier alpha value is -3.30. The van der Waals surface area contributed by atoms with Crippen LogP contribution in [-0.4, -0.2) is 54.1 Å². The first kappa shape index (κ1) is 23.1. The highest BCUT2D eigenvalue weighted by atomic mass is 16.5. The summed E-state index contributed by atoms with van der Waals surface area (Å²) in [6.07, 6.45) is 7.36. The molecule has 4 saturated carbocycles. The lowest BCUT2D eigenvalue weighted by Gasteiger charge is -2.56. The highest BCUT2D eigenvalue weighted by Gasteiger charge is 2.52. The van der Waals surface area contributed by atoms with Gasteiger partial charge in [0.2, 0.25) is 5.91 Å². The fraction of sp³-hybridized carbons (Fsp3) is 0.615. The van der Waals surface area contributed by atoms with Gasteiger partial charge < -0.3 is 20.1 Å². The molecule has 1 aromatic carbocycles. The van der Waals surface area contributed by atoms with Gasteiger partial charge in [0.25, 0.3) is 5.91 Å². The summed E-state index contributed by atoms with van der Waals surface area (Å²) in [5, 5.41) is 8.11. The summed E-state index contributed by atoms with van der Waals surface area (Å²) in [6, 6.07) is 3.85. The summed E-state index contributed by atoms with van der Waals surface area (Å²) >= 11 is 0. The lowest BCUT2D eigenvalue weighted by Crippen LogP contribution is -2.62. The van der Waals surface area contributed by atoms with Gasteiger partial charge in [-0.1, -0.05) is 6.07 Å². The third-order valence-electron chi connectivity index (χ3n) is 8.57. The molecule has 5 fully saturated rings. The minimum absolute atomic E-state index is 0.240. The maximum Gasteiger partial charge on any atom is 0.325 e. The number of carbonyl (C=O) groups excluding carboxylic acids is 4. The van der Waals surface area contributed by atoms with Crippen LogP contribution in [-0.2, 0) is 15.1 Å². The van der Waals surface area contributed by atoms with Crippen LogP contribution < -0.4 is 25.4 Å². The molecule has 10 nitrogen and oxygen atoms in total. The number of imide groups is 2. The van der Waals surface area contributed by atoms with Crippen LogP contribution in [0.2, 0.25) is 0 Å². The monoisotopic (exact) mass is 496 g/mol. The number of urea groups is 2. The van der Waals surface area contributed by atoms with E-state index in [-0.39, 0.29) is 5.54 Å². The van der Waals surface area contributed by atoms with Crippen LogP contribution in [0.1, 0.15) is 57.4 Å². The predicted molar refractivity (Wildman–Crippen MR) is 127 cm³/mol. The van der Waals surface area contributed by atoms with Gasteiger partial charge in [-0.15, -0.1) is 0 Å². The maximum atomic E-state index is 13.3. The molecule has 6 aliphatic rings. The van der Waals surface area contributed by atoms with Crippen LogP contribution in [0.25, 0.3) is 0 Å². The zero-order valence-electron chi connectivity index (χ0n) is 20.4. The highest BCUT2D eigenvalue weighted by molar-refractivity contribution is 6.10. The molecule has 4 bridgehead atoms. The lowest BCUT2D eigenvalue weighted by molar-refractivity contribution is -0.134. The first-order valence-electron chi connectivity index (χ1n) is 12.9. The molecule has 0 radical (unpaired) electrons. The molecule has 1 atom stereocenters. The van der Waals surface area contributed by atoms with E-state index in [4.69, 9.17) is 9.47 Å². The molecule has 10 heteroatoms. The van der Waals surface area contributed by atoms with Crippen molar-refractivity contribution in [2.45, 2.75) is 62.9 Å². The van der Waals surface area contributed by atoms with E-state index in [0.717, 1.165) is 30.6 Å². The SMILES string of the molecule is CC1(c2ccc3c(c2)OCCCO3)NC(=O)N(CC(=O)NC(=O)NC23CC4CC(CC(C4)C2)C3)C1=O. The summed E-state index contributed by atoms with van der Waals surface area (Å²) in [4.78, 5) is 52.2. The summed E-state index contributed by atoms with van der Waals surface area (Å²) in [5.74, 6) is 1.77. The zero-order chi connectivity index (χ0) is 25.1. The summed E-state index contributed by atoms with van der Waals surface area (Å²) in [5.41, 5.74) is -1.09. The Morgan fingerprint density at radius 1 is 1.03 bits per heavy atom. The third kappa shape index (κ3) is 3.96. The molecule has 1 aromatic rings. The van der Waals surface area contributed by atoms with Crippen LogP contribution >= 0.6 is 0 Å². The number of nitrogens with zero attached hydrogens (tertiary/aromatic N) is 1. The van der Waals surface area contributed by atoms with Gasteiger partial charge in [0, 0.05) is 12.0 Å². The number of hydrogen-bond donors (Lipinski definition) is 3. The van der Waals surface area contributed by atoms with Gasteiger partial charge in [-0.3, -0.25) is 19.8 Å². The van der Waals surface area contributed by atoms with Crippen LogP contribution in [0, 0.1) is 17.8 Å². The minimum atomic E-state index is -1.37. The third-order valence-corrected chi connectivity index (χ3v) is 8.57. The molecule has 2 heterocycles. The largest absolute Gasteiger partial charge is 0.490 e. The molecule has 3 N–H and O–H groups in total. The van der Waals surface area contributed by atoms with Gasteiger partial charge in [0.1, 0.15) is 12.1 Å². The molecule has 36 heavy (non-hydrogen) atoms. The number of carbonyl (C=O) groups is 4. The minimum Gasteiger partial charge on any atom is -0.490 e. The number of ether oxygens (including phenoxy) is 2. The van der Waals surface area contributed by atoms with Gasteiger partial charge in [-0.2, -0.15) is 0 Å². The molecule has 1 saturated heterocycles. The Morgan fingerprint density at radius 2 is 1.67 bits per heavy atom. The fourth-order valence-corrected chi connectivity index (χ4v) is 7.36. The normalized spacial score (nSPS) is 34.2. The van der Waals surface area contributed by atoms with Crippen molar-refractivity contribution in [3.05, 3.63) is 23.8 Å². The van der Waals surface area contributed by atoms with Crippen LogP contribution in [0.3, 0.4) is 0 Å². The fourth-order valence-electron chi connectivity index (χ4n) is 7.36. The van der Waals surface area contributed by atoms with E-state index in [9.17, 15) is 19.2 Å². The van der Waals surface area contributed by atoms with Crippen molar-refractivity contribution in [1.29, 1.82) is 0 Å². The van der Waals surface area contributed by atoms with Crippen LogP contribution in [0.5, 0.6) is 11.5 Å². The second kappa shape index (κ2) is 8.38. The smallest absolute Gasteiger partial charge is 0.325 e. The molecular weight excluding hydrogens is 464 g/mol. The van der Waals surface area contributed by atoms with Crippen molar-refractivity contribution in [3.8, 4) is 11.5 Å². The molecule has 7 rings (SSSR count). The number of benzene rings is 1. The second-order valence-corrected chi connectivity index (χ2v) is 11.4. The molecular formula is C26H32N4O6. The van der Waals surface area contributed by atoms with E-state index in [2.05, 4.69) is 16.0 Å². The predicted octanol–water partition coefficient (Wildman–Crippen LogP) is 2.41. The van der Waals surface area contributed by atoms with Gasteiger partial charge in [0.05, 0.1) is 13.2 Å². The first-order valence-corrected chi connectivity index (χ1v) is 12.9. The quantitative estimate of drug-likeness (QED) is 0.550. The van der Waals surface area contributed by atoms with Crippen LogP contribution in [0.4, 0.5) is 9.59 Å². The highest BCUT2D eigenvalue weighted by Crippen LogP contribution is 2.55. The van der Waals surface area contributed by atoms with Gasteiger partial charge in [-0.25, -0.2) is 9.59 Å². The van der Waals surface area contributed by atoms with E-state index in [1.165, 1.54) is 19.3 Å². The maximum absolute atomic E-state index is 13.3. The Kier molecular flexibility index (Phi) is 5.38. The van der Waals surface area contributed by atoms with Gasteiger partial charge in [0.15, 0.2) is 11.5 Å². The van der Waals surface area contributed by atoms with Crippen molar-refractivity contribution < 1.29 is 28.7 Å². The molecule has 192 valence electrons. The first-order chi connectivity index (χ1) is 17.2. The van der Waals surface area contributed by atoms with E-state index in [1.54, 1.807) is 25.1 Å². The van der Waals surface area contributed by atoms with E-state index < -0.39 is 36.0 Å². The molecule has 4 aliphatic carbocycles. The van der Waals surface area contributed by atoms with Crippen molar-refractivity contribution in [1.82, 2.24) is 20.9 Å². The Bertz CT molecular complexity index is 1100. The molecule has 2 aliphatic heterocycles. The molecule has 0 aromatic heterocycles. The Morgan fingerprint density at radius 3 is 2.33 bits per heavy atom. The topological polar surface area (TPSA) is 126 Å². The van der Waals surface area contributed by atoms with E-state index >= 15 is 0 Å².